The van der Waals surface area contributed by atoms with Crippen molar-refractivity contribution >= 4 is 17.5 Å². The highest BCUT2D eigenvalue weighted by Gasteiger charge is 2.43. The molecule has 138 valence electrons. The van der Waals surface area contributed by atoms with Crippen LogP contribution in [0, 0.1) is 5.92 Å². The normalized spacial score (nSPS) is 22.6. The minimum atomic E-state index is -0.662. The van der Waals surface area contributed by atoms with Crippen molar-refractivity contribution in [1.82, 2.24) is 0 Å². The van der Waals surface area contributed by atoms with Gasteiger partial charge in [0.1, 0.15) is 5.92 Å². The van der Waals surface area contributed by atoms with Gasteiger partial charge in [0.2, 0.25) is 0 Å². The third kappa shape index (κ3) is 3.11. The van der Waals surface area contributed by atoms with Crippen LogP contribution >= 0.6 is 0 Å². The number of ketones is 1. The molecule has 0 radical (unpaired) electrons. The summed E-state index contributed by atoms with van der Waals surface area (Å²) in [6.07, 6.45) is 1.94. The fourth-order valence-corrected chi connectivity index (χ4v) is 3.79. The molecule has 3 rings (SSSR count). The van der Waals surface area contributed by atoms with Crippen molar-refractivity contribution in [2.45, 2.75) is 39.0 Å². The molecule has 1 heterocycles. The van der Waals surface area contributed by atoms with E-state index in [1.807, 2.05) is 0 Å². The zero-order valence-electron chi connectivity index (χ0n) is 15.2. The van der Waals surface area contributed by atoms with E-state index in [0.717, 1.165) is 24.1 Å². The van der Waals surface area contributed by atoms with Crippen molar-refractivity contribution in [3.63, 3.8) is 0 Å². The van der Waals surface area contributed by atoms with Gasteiger partial charge in [-0.3, -0.25) is 14.6 Å². The highest BCUT2D eigenvalue weighted by molar-refractivity contribution is 6.08. The van der Waals surface area contributed by atoms with Crippen LogP contribution in [0.5, 0.6) is 11.5 Å². The largest absolute Gasteiger partial charge is 0.504 e. The van der Waals surface area contributed by atoms with Gasteiger partial charge in [0.15, 0.2) is 17.3 Å². The predicted octanol–water partition coefficient (Wildman–Crippen LogP) is 3.15. The third-order valence-corrected chi connectivity index (χ3v) is 4.94. The Bertz CT molecular complexity index is 808. The SMILES string of the molecule is CCOC(=O)C1C(C)=NC2=C(C(=O)CCC2)[C@H]1c1ccc(O)c(OC)c1. The van der Waals surface area contributed by atoms with Crippen LogP contribution in [0.2, 0.25) is 0 Å². The molecule has 1 unspecified atom stereocenters. The van der Waals surface area contributed by atoms with Crippen LogP contribution in [-0.4, -0.2) is 36.3 Å². The van der Waals surface area contributed by atoms with E-state index in [1.54, 1.807) is 26.0 Å². The molecule has 1 aliphatic carbocycles. The van der Waals surface area contributed by atoms with Crippen LogP contribution in [0.15, 0.2) is 34.5 Å². The van der Waals surface area contributed by atoms with E-state index in [0.29, 0.717) is 23.5 Å². The lowest BCUT2D eigenvalue weighted by Gasteiger charge is -2.34. The number of allylic oxidation sites excluding steroid dienone is 2. The number of phenols is 1. The molecular formula is C20H23NO5. The van der Waals surface area contributed by atoms with E-state index in [1.165, 1.54) is 13.2 Å². The minimum Gasteiger partial charge on any atom is -0.504 e. The van der Waals surface area contributed by atoms with Crippen molar-refractivity contribution < 1.29 is 24.2 Å². The van der Waals surface area contributed by atoms with E-state index in [-0.39, 0.29) is 18.1 Å². The summed E-state index contributed by atoms with van der Waals surface area (Å²) in [5.41, 5.74) is 2.73. The summed E-state index contributed by atoms with van der Waals surface area (Å²) < 4.78 is 10.5. The Balaban J connectivity index is 2.17. The number of ether oxygens (including phenoxy) is 2. The average Bonchev–Trinajstić information content (AvgIpc) is 2.61. The van der Waals surface area contributed by atoms with E-state index in [2.05, 4.69) is 4.99 Å². The molecule has 0 saturated carbocycles. The molecule has 0 bridgehead atoms. The first-order valence-corrected chi connectivity index (χ1v) is 8.82. The summed E-state index contributed by atoms with van der Waals surface area (Å²) in [7, 11) is 1.46. The number of hydrogen-bond donors (Lipinski definition) is 1. The third-order valence-electron chi connectivity index (χ3n) is 4.94. The second-order valence-electron chi connectivity index (χ2n) is 6.53. The first-order chi connectivity index (χ1) is 12.5. The summed E-state index contributed by atoms with van der Waals surface area (Å²) in [5.74, 6) is -1.21. The fourth-order valence-electron chi connectivity index (χ4n) is 3.79. The number of carbonyl (C=O) groups is 2. The lowest BCUT2D eigenvalue weighted by Crippen LogP contribution is -2.37. The fraction of sp³-hybridized carbons (Fsp3) is 0.450. The van der Waals surface area contributed by atoms with Gasteiger partial charge >= 0.3 is 5.97 Å². The Labute approximate surface area is 152 Å². The number of esters is 1. The first kappa shape index (κ1) is 18.2. The summed E-state index contributed by atoms with van der Waals surface area (Å²) in [5, 5.41) is 9.91. The first-order valence-electron chi connectivity index (χ1n) is 8.82. The maximum absolute atomic E-state index is 12.7. The van der Waals surface area contributed by atoms with Crippen molar-refractivity contribution in [2.75, 3.05) is 13.7 Å². The molecule has 1 aromatic rings. The molecule has 0 saturated heterocycles. The van der Waals surface area contributed by atoms with Gasteiger partial charge in [0.05, 0.1) is 13.7 Å². The molecule has 6 heteroatoms. The Morgan fingerprint density at radius 3 is 2.81 bits per heavy atom. The summed E-state index contributed by atoms with van der Waals surface area (Å²) in [6.45, 7) is 3.81. The lowest BCUT2D eigenvalue weighted by atomic mass is 9.71. The van der Waals surface area contributed by atoms with Gasteiger partial charge in [-0.05, 0) is 44.4 Å². The predicted molar refractivity (Wildman–Crippen MR) is 96.5 cm³/mol. The molecule has 6 nitrogen and oxygen atoms in total. The lowest BCUT2D eigenvalue weighted by molar-refractivity contribution is -0.146. The molecule has 0 spiro atoms. The number of aliphatic imine (C=N–C) groups is 1. The number of nitrogens with zero attached hydrogens (tertiary/aromatic N) is 1. The Morgan fingerprint density at radius 1 is 1.35 bits per heavy atom. The van der Waals surface area contributed by atoms with Crippen LogP contribution in [0.1, 0.15) is 44.6 Å². The monoisotopic (exact) mass is 357 g/mol. The van der Waals surface area contributed by atoms with E-state index in [9.17, 15) is 14.7 Å². The van der Waals surface area contributed by atoms with Crippen molar-refractivity contribution in [3.8, 4) is 11.5 Å². The molecule has 26 heavy (non-hydrogen) atoms. The Kier molecular flexibility index (Phi) is 5.11. The van der Waals surface area contributed by atoms with Crippen molar-refractivity contribution in [1.29, 1.82) is 0 Å². The topological polar surface area (TPSA) is 85.2 Å². The minimum absolute atomic E-state index is 0.00862. The zero-order chi connectivity index (χ0) is 18.8. The quantitative estimate of drug-likeness (QED) is 0.837. The van der Waals surface area contributed by atoms with Crippen molar-refractivity contribution in [2.24, 2.45) is 10.9 Å². The van der Waals surface area contributed by atoms with E-state index in [4.69, 9.17) is 9.47 Å². The smallest absolute Gasteiger partial charge is 0.315 e. The Hall–Kier alpha value is -2.63. The van der Waals surface area contributed by atoms with Gasteiger partial charge < -0.3 is 14.6 Å². The van der Waals surface area contributed by atoms with Gasteiger partial charge in [-0.25, -0.2) is 0 Å². The molecule has 1 N–H and O–H groups in total. The summed E-state index contributed by atoms with van der Waals surface area (Å²) in [6, 6.07) is 4.92. The van der Waals surface area contributed by atoms with Crippen LogP contribution < -0.4 is 4.74 Å². The van der Waals surface area contributed by atoms with Crippen LogP contribution in [0.3, 0.4) is 0 Å². The highest BCUT2D eigenvalue weighted by Crippen LogP contribution is 2.45. The molecule has 2 atom stereocenters. The standard InChI is InChI=1S/C20H23NO5/c1-4-26-20(24)17-11(2)21-13-6-5-7-15(23)19(13)18(17)12-8-9-14(22)16(10-12)25-3/h8-10,17-18,22H,4-7H2,1-3H3/t17?,18-/m0/s1. The van der Waals surface area contributed by atoms with E-state index >= 15 is 0 Å². The summed E-state index contributed by atoms with van der Waals surface area (Å²) in [4.78, 5) is 30.0. The molecule has 0 fully saturated rings. The van der Waals surface area contributed by atoms with Gasteiger partial charge in [-0.2, -0.15) is 0 Å². The van der Waals surface area contributed by atoms with Crippen LogP contribution in [-0.2, 0) is 14.3 Å². The summed E-state index contributed by atoms with van der Waals surface area (Å²) >= 11 is 0. The van der Waals surface area contributed by atoms with Gasteiger partial charge in [0.25, 0.3) is 0 Å². The van der Waals surface area contributed by atoms with Crippen LogP contribution in [0.4, 0.5) is 0 Å². The number of phenolic OH excluding ortho intramolecular Hbond substituents is 1. The molecule has 2 aliphatic rings. The number of Topliss-reactive ketones (excluding diaryl/α,β-unsaturated/α-hetero) is 1. The molecular weight excluding hydrogens is 334 g/mol. The number of methoxy groups -OCH3 is 1. The number of hydrogen-bond acceptors (Lipinski definition) is 6. The Morgan fingerprint density at radius 2 is 2.12 bits per heavy atom. The molecule has 1 aromatic carbocycles. The average molecular weight is 357 g/mol. The van der Waals surface area contributed by atoms with E-state index < -0.39 is 17.8 Å². The molecule has 0 aromatic heterocycles. The number of carbonyl (C=O) groups excluding carboxylic acids is 2. The maximum Gasteiger partial charge on any atom is 0.315 e. The molecule has 0 amide bonds. The second kappa shape index (κ2) is 7.32. The van der Waals surface area contributed by atoms with Gasteiger partial charge in [-0.15, -0.1) is 0 Å². The highest BCUT2D eigenvalue weighted by atomic mass is 16.5. The number of rotatable bonds is 4. The second-order valence-corrected chi connectivity index (χ2v) is 6.53. The van der Waals surface area contributed by atoms with Crippen molar-refractivity contribution in [3.05, 3.63) is 35.0 Å². The van der Waals surface area contributed by atoms with Crippen LogP contribution in [0.25, 0.3) is 0 Å². The molecule has 1 aliphatic heterocycles. The zero-order valence-corrected chi connectivity index (χ0v) is 15.2. The van der Waals surface area contributed by atoms with Gasteiger partial charge in [-0.1, -0.05) is 6.07 Å². The number of aromatic hydroxyl groups is 1. The maximum atomic E-state index is 12.7. The van der Waals surface area contributed by atoms with Gasteiger partial charge in [0, 0.05) is 29.3 Å². The number of benzene rings is 1.